The van der Waals surface area contributed by atoms with Crippen molar-refractivity contribution in [2.45, 2.75) is 56.8 Å². The van der Waals surface area contributed by atoms with Crippen molar-refractivity contribution in [3.8, 4) is 11.5 Å². The normalized spacial score (nSPS) is 14.7. The van der Waals surface area contributed by atoms with Gasteiger partial charge in [0.15, 0.2) is 9.84 Å². The predicted molar refractivity (Wildman–Crippen MR) is 138 cm³/mol. The number of unbranched alkanes of at least 4 members (excludes halogenated alkanes) is 3. The summed E-state index contributed by atoms with van der Waals surface area (Å²) in [6, 6.07) is 13.6. The maximum Gasteiger partial charge on any atom is 0.311 e. The molecule has 2 aromatic rings. The highest BCUT2D eigenvalue weighted by molar-refractivity contribution is 7.90. The van der Waals surface area contributed by atoms with E-state index in [1.807, 2.05) is 24.3 Å². The van der Waals surface area contributed by atoms with E-state index in [1.165, 1.54) is 24.3 Å². The van der Waals surface area contributed by atoms with E-state index in [1.54, 1.807) is 0 Å². The van der Waals surface area contributed by atoms with E-state index in [-0.39, 0.29) is 22.7 Å². The second-order valence-corrected chi connectivity index (χ2v) is 11.5. The second-order valence-electron chi connectivity index (χ2n) is 9.52. The van der Waals surface area contributed by atoms with Crippen molar-refractivity contribution in [1.82, 2.24) is 0 Å². The molecule has 0 amide bonds. The van der Waals surface area contributed by atoms with E-state index in [2.05, 4.69) is 6.92 Å². The van der Waals surface area contributed by atoms with Crippen LogP contribution in [0, 0.1) is 5.41 Å². The summed E-state index contributed by atoms with van der Waals surface area (Å²) in [4.78, 5) is 12.3. The first-order chi connectivity index (χ1) is 17.3. The van der Waals surface area contributed by atoms with Gasteiger partial charge in [-0.05, 0) is 74.1 Å². The van der Waals surface area contributed by atoms with Crippen LogP contribution in [0.1, 0.15) is 51.0 Å². The molecule has 1 fully saturated rings. The number of sulfone groups is 1. The standard InChI is InChI=1S/C28H38O7S/c1-3-28(21-33-22-28)20-32-18-6-4-5-7-19-34-24-11-8-23(9-12-24)10-17-27(29)35-25-13-15-26(16-14-25)36(2,30)31/h8-9,11-16H,3-7,10,17-22H2,1-2H3. The van der Waals surface area contributed by atoms with Gasteiger partial charge in [0.05, 0.1) is 31.3 Å². The molecule has 1 heterocycles. The number of carbonyl (C=O) groups excluding carboxylic acids is 1. The Labute approximate surface area is 215 Å². The maximum atomic E-state index is 12.1. The van der Waals surface area contributed by atoms with Crippen LogP contribution in [-0.2, 0) is 30.5 Å². The molecule has 8 heteroatoms. The molecule has 3 rings (SSSR count). The Morgan fingerprint density at radius 2 is 1.56 bits per heavy atom. The molecule has 1 aliphatic rings. The molecule has 1 aliphatic heterocycles. The third kappa shape index (κ3) is 9.22. The molecule has 0 saturated carbocycles. The average molecular weight is 519 g/mol. The van der Waals surface area contributed by atoms with Crippen LogP contribution in [-0.4, -0.2) is 53.7 Å². The number of rotatable bonds is 16. The van der Waals surface area contributed by atoms with E-state index in [9.17, 15) is 13.2 Å². The van der Waals surface area contributed by atoms with Gasteiger partial charge in [0.25, 0.3) is 0 Å². The SMILES string of the molecule is CCC1(COCCCCCCOc2ccc(CCC(=O)Oc3ccc(S(C)(=O)=O)cc3)cc2)COC1. The number of carbonyl (C=O) groups is 1. The molecular formula is C28H38O7S. The smallest absolute Gasteiger partial charge is 0.311 e. The third-order valence-corrected chi connectivity index (χ3v) is 7.58. The highest BCUT2D eigenvalue weighted by Crippen LogP contribution is 2.31. The Morgan fingerprint density at radius 3 is 2.14 bits per heavy atom. The number of hydrogen-bond donors (Lipinski definition) is 0. The zero-order chi connectivity index (χ0) is 25.9. The topological polar surface area (TPSA) is 88.1 Å². The molecule has 0 spiro atoms. The van der Waals surface area contributed by atoms with Crippen LogP contribution in [0.2, 0.25) is 0 Å². The summed E-state index contributed by atoms with van der Waals surface area (Å²) in [6.07, 6.45) is 7.36. The number of aryl methyl sites for hydroxylation is 1. The summed E-state index contributed by atoms with van der Waals surface area (Å²) in [7, 11) is -3.27. The van der Waals surface area contributed by atoms with Crippen molar-refractivity contribution in [3.63, 3.8) is 0 Å². The minimum atomic E-state index is -3.27. The first-order valence-electron chi connectivity index (χ1n) is 12.7. The summed E-state index contributed by atoms with van der Waals surface area (Å²) in [5.74, 6) is 0.787. The summed E-state index contributed by atoms with van der Waals surface area (Å²) in [5.41, 5.74) is 1.29. The van der Waals surface area contributed by atoms with E-state index >= 15 is 0 Å². The molecule has 1 saturated heterocycles. The van der Waals surface area contributed by atoms with Crippen LogP contribution >= 0.6 is 0 Å². The van der Waals surface area contributed by atoms with Crippen LogP contribution in [0.4, 0.5) is 0 Å². The van der Waals surface area contributed by atoms with E-state index in [0.29, 0.717) is 18.8 Å². The zero-order valence-corrected chi connectivity index (χ0v) is 22.2. The lowest BCUT2D eigenvalue weighted by Crippen LogP contribution is -2.45. The van der Waals surface area contributed by atoms with Gasteiger partial charge < -0.3 is 18.9 Å². The monoisotopic (exact) mass is 518 g/mol. The maximum absolute atomic E-state index is 12.1. The summed E-state index contributed by atoms with van der Waals surface area (Å²) in [6.45, 7) is 6.17. The molecule has 0 aromatic heterocycles. The quantitative estimate of drug-likeness (QED) is 0.175. The minimum absolute atomic E-state index is 0.190. The largest absolute Gasteiger partial charge is 0.494 e. The Morgan fingerprint density at radius 1 is 0.917 bits per heavy atom. The van der Waals surface area contributed by atoms with Gasteiger partial charge in [-0.1, -0.05) is 25.5 Å². The van der Waals surface area contributed by atoms with E-state index in [0.717, 1.165) is 76.1 Å². The number of hydrogen-bond acceptors (Lipinski definition) is 7. The van der Waals surface area contributed by atoms with E-state index in [4.69, 9.17) is 18.9 Å². The van der Waals surface area contributed by atoms with Crippen LogP contribution in [0.3, 0.4) is 0 Å². The fraction of sp³-hybridized carbons (Fsp3) is 0.536. The van der Waals surface area contributed by atoms with Crippen molar-refractivity contribution in [1.29, 1.82) is 0 Å². The fourth-order valence-corrected chi connectivity index (χ4v) is 4.49. The van der Waals surface area contributed by atoms with E-state index < -0.39 is 9.84 Å². The molecule has 7 nitrogen and oxygen atoms in total. The fourth-order valence-electron chi connectivity index (χ4n) is 3.85. The van der Waals surface area contributed by atoms with Crippen molar-refractivity contribution in [2.75, 3.05) is 39.3 Å². The summed E-state index contributed by atoms with van der Waals surface area (Å²) in [5, 5.41) is 0. The van der Waals surface area contributed by atoms with Crippen molar-refractivity contribution < 1.29 is 32.2 Å². The summed E-state index contributed by atoms with van der Waals surface area (Å²) >= 11 is 0. The lowest BCUT2D eigenvalue weighted by molar-refractivity contribution is -0.150. The molecule has 0 atom stereocenters. The number of ether oxygens (including phenoxy) is 4. The Kier molecular flexibility index (Phi) is 10.8. The molecule has 0 bridgehead atoms. The van der Waals surface area contributed by atoms with Crippen LogP contribution in [0.15, 0.2) is 53.4 Å². The Bertz CT molecular complexity index is 1040. The lowest BCUT2D eigenvalue weighted by atomic mass is 9.84. The molecule has 0 unspecified atom stereocenters. The van der Waals surface area contributed by atoms with Gasteiger partial charge >= 0.3 is 5.97 Å². The Balaban J connectivity index is 1.23. The van der Waals surface area contributed by atoms with Gasteiger partial charge in [0.1, 0.15) is 11.5 Å². The summed E-state index contributed by atoms with van der Waals surface area (Å²) < 4.78 is 45.3. The molecule has 198 valence electrons. The van der Waals surface area contributed by atoms with Crippen molar-refractivity contribution in [2.24, 2.45) is 5.41 Å². The van der Waals surface area contributed by atoms with Gasteiger partial charge in [0, 0.05) is 24.7 Å². The van der Waals surface area contributed by atoms with Gasteiger partial charge in [0.2, 0.25) is 0 Å². The molecular weight excluding hydrogens is 480 g/mol. The molecule has 0 radical (unpaired) electrons. The van der Waals surface area contributed by atoms with Gasteiger partial charge in [-0.3, -0.25) is 4.79 Å². The van der Waals surface area contributed by atoms with Gasteiger partial charge in [-0.15, -0.1) is 0 Å². The minimum Gasteiger partial charge on any atom is -0.494 e. The Hall–Kier alpha value is -2.42. The highest BCUT2D eigenvalue weighted by atomic mass is 32.2. The van der Waals surface area contributed by atoms with Crippen LogP contribution in [0.5, 0.6) is 11.5 Å². The third-order valence-electron chi connectivity index (χ3n) is 6.45. The van der Waals surface area contributed by atoms with Crippen molar-refractivity contribution in [3.05, 3.63) is 54.1 Å². The number of benzene rings is 2. The average Bonchev–Trinajstić information content (AvgIpc) is 2.83. The first kappa shape index (κ1) is 28.2. The predicted octanol–water partition coefficient (Wildman–Crippen LogP) is 5.01. The second kappa shape index (κ2) is 13.8. The van der Waals surface area contributed by atoms with Gasteiger partial charge in [-0.2, -0.15) is 0 Å². The molecule has 36 heavy (non-hydrogen) atoms. The van der Waals surface area contributed by atoms with Crippen molar-refractivity contribution >= 4 is 15.8 Å². The molecule has 0 aliphatic carbocycles. The van der Waals surface area contributed by atoms with Crippen LogP contribution in [0.25, 0.3) is 0 Å². The number of esters is 1. The zero-order valence-electron chi connectivity index (χ0n) is 21.4. The van der Waals surface area contributed by atoms with Crippen LogP contribution < -0.4 is 9.47 Å². The molecule has 0 N–H and O–H groups in total. The lowest BCUT2D eigenvalue weighted by Gasteiger charge is -2.40. The van der Waals surface area contributed by atoms with Gasteiger partial charge in [-0.25, -0.2) is 8.42 Å². The molecule has 2 aromatic carbocycles. The highest BCUT2D eigenvalue weighted by Gasteiger charge is 2.36. The first-order valence-corrected chi connectivity index (χ1v) is 14.6.